The Hall–Kier alpha value is -6.49. The number of sulfonamides is 1. The highest BCUT2D eigenvalue weighted by atomic mass is 32.2. The van der Waals surface area contributed by atoms with Crippen LogP contribution in [-0.4, -0.2) is 74.3 Å². The third-order valence-electron chi connectivity index (χ3n) is 8.16. The second kappa shape index (κ2) is 19.6. The summed E-state index contributed by atoms with van der Waals surface area (Å²) >= 11 is 0. The molecule has 306 valence electrons. The van der Waals surface area contributed by atoms with Gasteiger partial charge in [0.05, 0.1) is 18.6 Å². The summed E-state index contributed by atoms with van der Waals surface area (Å²) in [5.74, 6) is -0.620. The van der Waals surface area contributed by atoms with Gasteiger partial charge in [-0.3, -0.25) is 0 Å². The fourth-order valence-electron chi connectivity index (χ4n) is 5.12. The molecule has 0 aliphatic carbocycles. The lowest BCUT2D eigenvalue weighted by Crippen LogP contribution is -2.36. The molecule has 0 radical (unpaired) electrons. The van der Waals surface area contributed by atoms with Crippen LogP contribution in [0.25, 0.3) is 11.6 Å². The minimum absolute atomic E-state index is 0.0119. The molecule has 0 spiro atoms. The van der Waals surface area contributed by atoms with Crippen molar-refractivity contribution in [2.75, 3.05) is 38.0 Å². The Morgan fingerprint density at radius 1 is 0.776 bits per heavy atom. The summed E-state index contributed by atoms with van der Waals surface area (Å²) in [6, 6.07) is 21.3. The lowest BCUT2D eigenvalue weighted by Gasteiger charge is -2.26. The number of hydrogen-bond donors (Lipinski definition) is 0. The SMILES string of the molecule is CCCCOC(=O)OCN(c1nc(-c2ncccn2)nc(OCCOC(=O)Oc2cccc(C)c2)c1Oc1ccccc1OC)S(=O)(=O)c1ccc(C(C)(C)C)cc1. The number of methoxy groups -OCH3 is 1. The minimum atomic E-state index is -4.64. The van der Waals surface area contributed by atoms with Gasteiger partial charge in [0.15, 0.2) is 29.9 Å². The number of anilines is 1. The molecule has 2 aromatic heterocycles. The van der Waals surface area contributed by atoms with Crippen LogP contribution in [0.15, 0.2) is 96.2 Å². The molecule has 5 aromatic rings. The zero-order valence-electron chi connectivity index (χ0n) is 33.0. The summed E-state index contributed by atoms with van der Waals surface area (Å²) < 4.78 is 69.3. The number of para-hydroxylation sites is 2. The summed E-state index contributed by atoms with van der Waals surface area (Å²) in [4.78, 5) is 42.8. The van der Waals surface area contributed by atoms with E-state index < -0.39 is 34.9 Å². The fraction of sp³-hybridized carbons (Fsp3) is 0.317. The standard InChI is InChI=1S/C41H45N5O11S/c1-7-8-23-53-39(47)55-27-46(58(49,50)31-19-17-29(18-20-31)41(3,4)5)37-34(57-33-16-10-9-15-32(33)51-6)38(45-36(44-37)35-42-21-12-22-43-35)52-24-25-54-40(48)56-30-14-11-13-28(2)26-30/h9-22,26H,7-8,23-25,27H2,1-6H3. The Kier molecular flexibility index (Phi) is 14.4. The molecule has 2 heterocycles. The van der Waals surface area contributed by atoms with Crippen LogP contribution >= 0.6 is 0 Å². The van der Waals surface area contributed by atoms with Gasteiger partial charge < -0.3 is 33.2 Å². The van der Waals surface area contributed by atoms with Crippen LogP contribution in [0.1, 0.15) is 51.7 Å². The number of benzene rings is 3. The third-order valence-corrected chi connectivity index (χ3v) is 9.88. The van der Waals surface area contributed by atoms with E-state index in [2.05, 4.69) is 19.9 Å². The molecule has 0 aliphatic rings. The molecule has 0 saturated heterocycles. The number of carbonyl (C=O) groups excluding carboxylic acids is 2. The Morgan fingerprint density at radius 3 is 2.16 bits per heavy atom. The number of carbonyl (C=O) groups is 2. The number of rotatable bonds is 17. The van der Waals surface area contributed by atoms with Crippen LogP contribution in [0.2, 0.25) is 0 Å². The maximum Gasteiger partial charge on any atom is 0.513 e. The monoisotopic (exact) mass is 815 g/mol. The maximum atomic E-state index is 14.8. The molecule has 3 aromatic carbocycles. The predicted molar refractivity (Wildman–Crippen MR) is 212 cm³/mol. The largest absolute Gasteiger partial charge is 0.513 e. The van der Waals surface area contributed by atoms with Gasteiger partial charge in [0.1, 0.15) is 19.0 Å². The van der Waals surface area contributed by atoms with Crippen LogP contribution in [0, 0.1) is 6.92 Å². The van der Waals surface area contributed by atoms with Crippen LogP contribution in [0.3, 0.4) is 0 Å². The van der Waals surface area contributed by atoms with E-state index in [0.717, 1.165) is 21.9 Å². The fourth-order valence-corrected chi connectivity index (χ4v) is 6.40. The highest BCUT2D eigenvalue weighted by Gasteiger charge is 2.35. The average Bonchev–Trinajstić information content (AvgIpc) is 3.20. The van der Waals surface area contributed by atoms with E-state index in [1.165, 1.54) is 31.6 Å². The Morgan fingerprint density at radius 2 is 1.48 bits per heavy atom. The van der Waals surface area contributed by atoms with Crippen LogP contribution < -0.4 is 23.3 Å². The van der Waals surface area contributed by atoms with Gasteiger partial charge in [-0.1, -0.05) is 70.5 Å². The Balaban J connectivity index is 1.62. The second-order valence-electron chi connectivity index (χ2n) is 13.5. The summed E-state index contributed by atoms with van der Waals surface area (Å²) in [5, 5.41) is 0. The third kappa shape index (κ3) is 11.3. The number of nitrogens with zero attached hydrogens (tertiary/aromatic N) is 5. The first-order valence-electron chi connectivity index (χ1n) is 18.3. The van der Waals surface area contributed by atoms with Gasteiger partial charge in [-0.05, 0) is 72.4 Å². The van der Waals surface area contributed by atoms with E-state index in [9.17, 15) is 18.0 Å². The van der Waals surface area contributed by atoms with Crippen LogP contribution in [0.4, 0.5) is 15.4 Å². The topological polar surface area (TPSA) is 188 Å². The maximum absolute atomic E-state index is 14.8. The smallest absolute Gasteiger partial charge is 0.493 e. The molecule has 0 N–H and O–H groups in total. The van der Waals surface area contributed by atoms with Crippen molar-refractivity contribution in [3.8, 4) is 40.5 Å². The zero-order valence-corrected chi connectivity index (χ0v) is 33.9. The molecular weight excluding hydrogens is 771 g/mol. The molecule has 0 aliphatic heterocycles. The summed E-state index contributed by atoms with van der Waals surface area (Å²) in [6.07, 6.45) is 2.10. The first-order chi connectivity index (χ1) is 27.8. The summed E-state index contributed by atoms with van der Waals surface area (Å²) in [5.41, 5.74) is 1.47. The molecule has 5 rings (SSSR count). The van der Waals surface area contributed by atoms with E-state index in [0.29, 0.717) is 6.42 Å². The van der Waals surface area contributed by atoms with Crippen molar-refractivity contribution in [3.05, 3.63) is 102 Å². The van der Waals surface area contributed by atoms with E-state index >= 15 is 0 Å². The Labute approximate surface area is 337 Å². The first kappa shape index (κ1) is 42.6. The van der Waals surface area contributed by atoms with Gasteiger partial charge in [0, 0.05) is 12.4 Å². The lowest BCUT2D eigenvalue weighted by atomic mass is 9.87. The van der Waals surface area contributed by atoms with E-state index in [-0.39, 0.29) is 70.7 Å². The van der Waals surface area contributed by atoms with Crippen molar-refractivity contribution in [2.24, 2.45) is 0 Å². The highest BCUT2D eigenvalue weighted by Crippen LogP contribution is 2.43. The molecule has 0 atom stereocenters. The van der Waals surface area contributed by atoms with Crippen LogP contribution in [0.5, 0.6) is 28.9 Å². The quantitative estimate of drug-likeness (QED) is 0.0379. The summed E-state index contributed by atoms with van der Waals surface area (Å²) in [7, 11) is -3.21. The normalized spacial score (nSPS) is 11.3. The number of ether oxygens (including phenoxy) is 7. The van der Waals surface area contributed by atoms with Crippen molar-refractivity contribution >= 4 is 28.2 Å². The van der Waals surface area contributed by atoms with Crippen LogP contribution in [-0.2, 0) is 29.6 Å². The molecule has 0 bridgehead atoms. The molecule has 16 nitrogen and oxygen atoms in total. The number of hydrogen-bond acceptors (Lipinski definition) is 15. The molecular formula is C41H45N5O11S. The number of aryl methyl sites for hydroxylation is 1. The summed E-state index contributed by atoms with van der Waals surface area (Å²) in [6.45, 7) is 8.24. The molecule has 0 fully saturated rings. The Bertz CT molecular complexity index is 2270. The molecule has 0 unspecified atom stereocenters. The predicted octanol–water partition coefficient (Wildman–Crippen LogP) is 8.04. The minimum Gasteiger partial charge on any atom is -0.493 e. The van der Waals surface area contributed by atoms with Crippen molar-refractivity contribution in [1.29, 1.82) is 0 Å². The van der Waals surface area contributed by atoms with Gasteiger partial charge in [-0.15, -0.1) is 0 Å². The van der Waals surface area contributed by atoms with Crippen molar-refractivity contribution in [3.63, 3.8) is 0 Å². The van der Waals surface area contributed by atoms with Crippen molar-refractivity contribution in [2.45, 2.75) is 57.8 Å². The first-order valence-corrected chi connectivity index (χ1v) is 19.7. The van der Waals surface area contributed by atoms with Gasteiger partial charge in [0.2, 0.25) is 11.6 Å². The van der Waals surface area contributed by atoms with Gasteiger partial charge >= 0.3 is 12.3 Å². The molecule has 17 heteroatoms. The number of unbranched alkanes of at least 4 members (excludes halogenated alkanes) is 1. The molecule has 0 saturated carbocycles. The van der Waals surface area contributed by atoms with Crippen molar-refractivity contribution in [1.82, 2.24) is 19.9 Å². The van der Waals surface area contributed by atoms with Gasteiger partial charge in [-0.2, -0.15) is 4.98 Å². The molecule has 0 amide bonds. The second-order valence-corrected chi connectivity index (χ2v) is 15.4. The highest BCUT2D eigenvalue weighted by molar-refractivity contribution is 7.92. The lowest BCUT2D eigenvalue weighted by molar-refractivity contribution is 0.0569. The zero-order chi connectivity index (χ0) is 41.7. The van der Waals surface area contributed by atoms with E-state index in [1.807, 2.05) is 40.7 Å². The van der Waals surface area contributed by atoms with Gasteiger partial charge in [0.25, 0.3) is 15.9 Å². The number of aromatic nitrogens is 4. The van der Waals surface area contributed by atoms with Gasteiger partial charge in [-0.25, -0.2) is 37.3 Å². The van der Waals surface area contributed by atoms with E-state index in [1.54, 1.807) is 60.7 Å². The molecule has 58 heavy (non-hydrogen) atoms. The average molecular weight is 816 g/mol. The van der Waals surface area contributed by atoms with Crippen molar-refractivity contribution < 1.29 is 51.2 Å². The van der Waals surface area contributed by atoms with E-state index in [4.69, 9.17) is 33.2 Å².